The molecule has 0 spiro atoms. The van der Waals surface area contributed by atoms with Crippen LogP contribution in [0.25, 0.3) is 87.8 Å². The van der Waals surface area contributed by atoms with Crippen molar-refractivity contribution in [1.82, 2.24) is 0 Å². The van der Waals surface area contributed by atoms with Crippen LogP contribution in [0, 0.1) is 48.4 Å². The smallest absolute Gasteiger partial charge is 0.0931 e. The van der Waals surface area contributed by atoms with E-state index in [1.54, 1.807) is 68.0 Å². The molecule has 12 aromatic heterocycles. The summed E-state index contributed by atoms with van der Waals surface area (Å²) in [5.41, 5.74) is 1.80. The fourth-order valence-corrected chi connectivity index (χ4v) is 22.4. The quantitative estimate of drug-likeness (QED) is 0.0709. The summed E-state index contributed by atoms with van der Waals surface area (Å²) >= 11 is 35.5. The average molecular weight is 1580 g/mol. The molecule has 0 fully saturated rings. The van der Waals surface area contributed by atoms with E-state index in [2.05, 4.69) is 247 Å². The second-order valence-electron chi connectivity index (χ2n) is 17.9. The second-order valence-corrected chi connectivity index (χ2v) is 36.4. The van der Waals surface area contributed by atoms with Crippen molar-refractivity contribution in [3.8, 4) is 136 Å². The van der Waals surface area contributed by atoms with Crippen molar-refractivity contribution in [2.45, 2.75) is 80.1 Å². The first-order chi connectivity index (χ1) is 40.0. The Hall–Kier alpha value is -3.44. The highest BCUT2D eigenvalue weighted by Gasteiger charge is 2.17. The normalized spacial score (nSPS) is 10.5. The lowest BCUT2D eigenvalue weighted by molar-refractivity contribution is 0.737. The zero-order chi connectivity index (χ0) is 57.0. The van der Waals surface area contributed by atoms with Crippen molar-refractivity contribution in [3.63, 3.8) is 0 Å². The number of hydrogen-bond donors (Lipinski definition) is 0. The minimum Gasteiger partial charge on any atom is -0.134 e. The van der Waals surface area contributed by atoms with Crippen molar-refractivity contribution in [1.29, 1.82) is 0 Å². The molecule has 0 saturated heterocycles. The molecule has 0 unspecified atom stereocenters. The van der Waals surface area contributed by atoms with E-state index in [9.17, 15) is 0 Å². The van der Waals surface area contributed by atoms with Gasteiger partial charge in [0.15, 0.2) is 0 Å². The van der Waals surface area contributed by atoms with E-state index in [1.165, 1.54) is 129 Å². The average Bonchev–Trinajstić information content (AvgIpc) is 4.08. The molecule has 0 aromatic carbocycles. The Labute approximate surface area is 578 Å². The summed E-state index contributed by atoms with van der Waals surface area (Å²) in [6.07, 6.45) is 20.7. The molecule has 0 aliphatic heterocycles. The van der Waals surface area contributed by atoms with Crippen LogP contribution in [-0.2, 0) is 0 Å². The first-order valence-electron chi connectivity index (χ1n) is 25.9. The molecular formula is C68H54Br4S12. The summed E-state index contributed by atoms with van der Waals surface area (Å²) in [7, 11) is 0. The largest absolute Gasteiger partial charge is 0.134 e. The highest BCUT2D eigenvalue weighted by molar-refractivity contribution is 9.11. The zero-order valence-corrected chi connectivity index (χ0v) is 60.1. The third kappa shape index (κ3) is 17.5. The molecule has 426 valence electrons. The topological polar surface area (TPSA) is 0 Å². The maximum absolute atomic E-state index is 5.84. The van der Waals surface area contributed by atoms with Gasteiger partial charge in [0.1, 0.15) is 0 Å². The molecular weight excluding hydrogens is 1520 g/mol. The molecule has 0 bridgehead atoms. The van der Waals surface area contributed by atoms with Gasteiger partial charge in [-0.3, -0.25) is 0 Å². The molecule has 0 N–H and O–H groups in total. The Morgan fingerprint density at radius 3 is 0.714 bits per heavy atom. The van der Waals surface area contributed by atoms with Crippen LogP contribution in [0.15, 0.2) is 149 Å². The zero-order valence-electron chi connectivity index (χ0n) is 43.9. The molecule has 0 aliphatic rings. The molecule has 0 radical (unpaired) electrons. The monoisotopic (exact) mass is 1570 g/mol. The highest BCUT2D eigenvalue weighted by atomic mass is 79.9. The molecule has 16 heteroatoms. The molecule has 0 aliphatic carbocycles. The Morgan fingerprint density at radius 1 is 0.298 bits per heavy atom. The van der Waals surface area contributed by atoms with Crippen LogP contribution >= 0.6 is 200 Å². The van der Waals surface area contributed by atoms with Crippen molar-refractivity contribution in [2.75, 3.05) is 0 Å². The van der Waals surface area contributed by atoms with E-state index in [1.807, 2.05) is 68.0 Å². The van der Waals surface area contributed by atoms with E-state index in [0.717, 1.165) is 46.6 Å². The maximum atomic E-state index is 5.84. The maximum Gasteiger partial charge on any atom is 0.0931 e. The lowest BCUT2D eigenvalue weighted by Crippen LogP contribution is -1.74. The molecule has 84 heavy (non-hydrogen) atoms. The summed E-state index contributed by atoms with van der Waals surface area (Å²) < 4.78 is 4.72. The Kier molecular flexibility index (Phi) is 25.9. The third-order valence-electron chi connectivity index (χ3n) is 12.1. The summed E-state index contributed by atoms with van der Waals surface area (Å²) in [6, 6.07) is 48.0. The fourth-order valence-electron chi connectivity index (χ4n) is 8.04. The number of rotatable bonds is 15. The highest BCUT2D eigenvalue weighted by Crippen LogP contribution is 2.48. The molecule has 12 aromatic rings. The van der Waals surface area contributed by atoms with Crippen LogP contribution in [0.2, 0.25) is 0 Å². The number of thiophene rings is 12. The summed E-state index contributed by atoms with van der Waals surface area (Å²) in [5.74, 6) is 19.0. The van der Waals surface area contributed by atoms with Crippen LogP contribution in [0.4, 0.5) is 0 Å². The Balaban J connectivity index is 0.000000208. The molecule has 12 rings (SSSR count). The van der Waals surface area contributed by atoms with Gasteiger partial charge < -0.3 is 0 Å². The summed E-state index contributed by atoms with van der Waals surface area (Å²) in [6.45, 7) is 4.43. The summed E-state index contributed by atoms with van der Waals surface area (Å²) in [4.78, 5) is 25.2. The predicted octanol–water partition coefficient (Wildman–Crippen LogP) is 28.9. The minimum atomic E-state index is 0. The molecule has 0 nitrogen and oxygen atoms in total. The van der Waals surface area contributed by atoms with E-state index >= 15 is 0 Å². The number of halogens is 4. The van der Waals surface area contributed by atoms with Crippen LogP contribution in [0.1, 0.15) is 101 Å². The van der Waals surface area contributed by atoms with E-state index in [-0.39, 0.29) is 14.9 Å². The van der Waals surface area contributed by atoms with Crippen LogP contribution < -0.4 is 0 Å². The molecule has 0 atom stereocenters. The number of terminal acetylenes is 2. The van der Waals surface area contributed by atoms with Gasteiger partial charge in [-0.1, -0.05) is 89.9 Å². The Morgan fingerprint density at radius 2 is 0.512 bits per heavy atom. The van der Waals surface area contributed by atoms with Gasteiger partial charge in [0.2, 0.25) is 0 Å². The fraction of sp³-hybridized carbons (Fsp3) is 0.176. The third-order valence-corrected chi connectivity index (χ3v) is 29.0. The van der Waals surface area contributed by atoms with Gasteiger partial charge in [0, 0.05) is 101 Å². The number of hydrogen-bond acceptors (Lipinski definition) is 12. The second kappa shape index (κ2) is 32.7. The van der Waals surface area contributed by atoms with Crippen molar-refractivity contribution in [2.24, 2.45) is 0 Å². The van der Waals surface area contributed by atoms with Crippen LogP contribution in [0.3, 0.4) is 0 Å². The van der Waals surface area contributed by atoms with Crippen LogP contribution in [0.5, 0.6) is 0 Å². The standard InChI is InChI=1S/C42H34S6.C16H8Br2S4.C8H4Br2S2.2CH4/c1-5-9-11-13-15-17-31-29(7-3)27-41(43-31)39-25-23-37(47-39)35-21-19-33(45-35)34-20-22-36(46-34)38-24-26-40(48-38)42-28-30(8-4)32(44-42)18-16-14-12-10-6-2;17-15-7-5-13(21-15)11-3-1-9(19-11)10-2-4-12(20-10)14-6-8-16(18)22-14;9-7-3-1-5(11-7)6-2-4-8(10)12-6;;/h3-4,19-28H,5-6,9-14H2,1-2H3;1-8H;1-4H;2*1H4. The van der Waals surface area contributed by atoms with E-state index < -0.39 is 0 Å². The van der Waals surface area contributed by atoms with Gasteiger partial charge in [-0.25, -0.2) is 0 Å². The van der Waals surface area contributed by atoms with Gasteiger partial charge in [0.05, 0.1) is 36.0 Å². The van der Waals surface area contributed by atoms with Gasteiger partial charge in [-0.2, -0.15) is 0 Å². The lowest BCUT2D eigenvalue weighted by Gasteiger charge is -1.93. The van der Waals surface area contributed by atoms with Crippen LogP contribution in [-0.4, -0.2) is 0 Å². The van der Waals surface area contributed by atoms with E-state index in [4.69, 9.17) is 12.8 Å². The first-order valence-corrected chi connectivity index (χ1v) is 38.8. The van der Waals surface area contributed by atoms with Crippen molar-refractivity contribution >= 4 is 200 Å². The summed E-state index contributed by atoms with van der Waals surface area (Å²) in [5, 5.41) is 0. The number of unbranched alkanes of at least 4 members (excludes halogenated alkanes) is 6. The predicted molar refractivity (Wildman–Crippen MR) is 405 cm³/mol. The molecule has 0 amide bonds. The molecule has 0 saturated carbocycles. The van der Waals surface area contributed by atoms with Crippen molar-refractivity contribution < 1.29 is 0 Å². The van der Waals surface area contributed by atoms with Gasteiger partial charge >= 0.3 is 0 Å². The van der Waals surface area contributed by atoms with Gasteiger partial charge in [-0.05, 0) is 210 Å². The van der Waals surface area contributed by atoms with Gasteiger partial charge in [-0.15, -0.1) is 149 Å². The SMILES string of the molecule is Brc1ccc(-c2ccc(-c3ccc(-c4ccc(Br)s4)s3)s2)s1.Brc1ccc(-c2ccc(Br)s2)s1.C.C.C#Cc1cc(-c2ccc(-c3ccc(-c4ccc(-c5ccc(-c6cc(C#C)c(C#CCCCCC)s6)s5)s4)s3)s2)sc1C#CCCCCC. The van der Waals surface area contributed by atoms with Gasteiger partial charge in [0.25, 0.3) is 0 Å². The van der Waals surface area contributed by atoms with Crippen molar-refractivity contribution in [3.05, 3.63) is 169 Å². The minimum absolute atomic E-state index is 0. The lowest BCUT2D eigenvalue weighted by atomic mass is 10.2. The van der Waals surface area contributed by atoms with E-state index in [0.29, 0.717) is 0 Å². The Bertz CT molecular complexity index is 4010. The first kappa shape index (κ1) is 66.5. The molecule has 12 heterocycles.